The van der Waals surface area contributed by atoms with Gasteiger partial charge in [0.05, 0.1) is 5.75 Å². The number of carbonyl (C=O) groups is 1. The fourth-order valence-electron chi connectivity index (χ4n) is 1.86. The van der Waals surface area contributed by atoms with Crippen molar-refractivity contribution in [2.75, 3.05) is 7.05 Å². The van der Waals surface area contributed by atoms with Crippen molar-refractivity contribution in [3.63, 3.8) is 0 Å². The molecular weight excluding hydrogens is 405 g/mol. The van der Waals surface area contributed by atoms with Gasteiger partial charge >= 0.3 is 12.3 Å². The minimum atomic E-state index is -4.88. The maximum absolute atomic E-state index is 12.8. The summed E-state index contributed by atoms with van der Waals surface area (Å²) in [5, 5.41) is 17.5. The maximum Gasteiger partial charge on any atom is 0.451 e. The predicted octanol–water partition coefficient (Wildman–Crippen LogP) is 2.60. The van der Waals surface area contributed by atoms with E-state index in [1.807, 2.05) is 0 Å². The van der Waals surface area contributed by atoms with Crippen molar-refractivity contribution in [2.45, 2.75) is 11.9 Å². The molecule has 1 aromatic carbocycles. The molecule has 1 aromatic heterocycles. The Labute approximate surface area is 156 Å². The number of benzene rings is 1. The monoisotopic (exact) mass is 416 g/mol. The van der Waals surface area contributed by atoms with Crippen LogP contribution in [0, 0.1) is 11.3 Å². The quantitative estimate of drug-likeness (QED) is 0.786. The van der Waals surface area contributed by atoms with Crippen LogP contribution < -0.4 is 4.74 Å². The van der Waals surface area contributed by atoms with Crippen molar-refractivity contribution < 1.29 is 36.2 Å². The van der Waals surface area contributed by atoms with Gasteiger partial charge in [-0.25, -0.2) is 22.5 Å². The van der Waals surface area contributed by atoms with Gasteiger partial charge in [-0.05, 0) is 17.7 Å². The highest BCUT2D eigenvalue weighted by Crippen LogP contribution is 2.29. The van der Waals surface area contributed by atoms with Gasteiger partial charge in [0.25, 0.3) is 0 Å². The molecule has 9 nitrogen and oxygen atoms in total. The lowest BCUT2D eigenvalue weighted by molar-refractivity contribution is -0.145. The topological polar surface area (TPSA) is 133 Å². The summed E-state index contributed by atoms with van der Waals surface area (Å²) in [6.45, 7) is 0. The molecule has 1 heterocycles. The number of halogens is 3. The molecule has 1 N–H and O–H groups in total. The minimum Gasteiger partial charge on any atom is -0.464 e. The molecule has 0 fully saturated rings. The van der Waals surface area contributed by atoms with Crippen molar-refractivity contribution >= 4 is 16.1 Å². The van der Waals surface area contributed by atoms with Crippen LogP contribution in [0.25, 0.3) is 0 Å². The molecule has 0 atom stereocenters. The van der Waals surface area contributed by atoms with Gasteiger partial charge in [-0.15, -0.1) is 0 Å². The van der Waals surface area contributed by atoms with E-state index in [-0.39, 0.29) is 15.6 Å². The van der Waals surface area contributed by atoms with Crippen LogP contribution in [0.2, 0.25) is 0 Å². The normalized spacial score (nSPS) is 11.5. The van der Waals surface area contributed by atoms with E-state index in [4.69, 9.17) is 15.1 Å². The number of rotatable bonds is 5. The third-order valence-electron chi connectivity index (χ3n) is 3.25. The van der Waals surface area contributed by atoms with Crippen LogP contribution in [0.5, 0.6) is 11.6 Å². The van der Waals surface area contributed by atoms with Gasteiger partial charge in [0.1, 0.15) is 17.5 Å². The van der Waals surface area contributed by atoms with E-state index in [2.05, 4.69) is 9.97 Å². The van der Waals surface area contributed by atoms with Gasteiger partial charge in [0.2, 0.25) is 21.7 Å². The Bertz CT molecular complexity index is 1030. The van der Waals surface area contributed by atoms with Gasteiger partial charge < -0.3 is 9.84 Å². The van der Waals surface area contributed by atoms with Crippen LogP contribution in [0.1, 0.15) is 17.1 Å². The Morgan fingerprint density at radius 3 is 2.39 bits per heavy atom. The number of aromatic nitrogens is 2. The fraction of sp³-hybridized carbons (Fsp3) is 0.200. The highest BCUT2D eigenvalue weighted by molar-refractivity contribution is 7.88. The van der Waals surface area contributed by atoms with E-state index < -0.39 is 45.4 Å². The van der Waals surface area contributed by atoms with Gasteiger partial charge in [0.15, 0.2) is 0 Å². The molecule has 0 unspecified atom stereocenters. The zero-order valence-corrected chi connectivity index (χ0v) is 14.8. The predicted molar refractivity (Wildman–Crippen MR) is 86.7 cm³/mol. The first-order chi connectivity index (χ1) is 12.9. The van der Waals surface area contributed by atoms with Crippen LogP contribution in [-0.2, 0) is 22.0 Å². The number of nitrogens with zero attached hydrogens (tertiary/aromatic N) is 4. The summed E-state index contributed by atoms with van der Waals surface area (Å²) < 4.78 is 67.4. The van der Waals surface area contributed by atoms with Crippen LogP contribution in [0.15, 0.2) is 30.3 Å². The third-order valence-corrected chi connectivity index (χ3v) is 4.94. The van der Waals surface area contributed by atoms with E-state index in [1.54, 1.807) is 0 Å². The van der Waals surface area contributed by atoms with Gasteiger partial charge in [-0.2, -0.15) is 23.4 Å². The average Bonchev–Trinajstić information content (AvgIpc) is 2.61. The number of sulfonamides is 1. The summed E-state index contributed by atoms with van der Waals surface area (Å²) in [5.41, 5.74) is -0.325. The SMILES string of the molecule is CN(C(=O)O)S(=O)(=O)Cc1ccc(Oc2cc(C#N)nc(C(F)(F)F)n2)cc1. The molecular formula is C15H11F3N4O5S. The Balaban J connectivity index is 2.22. The van der Waals surface area contributed by atoms with Gasteiger partial charge in [-0.3, -0.25) is 0 Å². The molecule has 0 radical (unpaired) electrons. The number of alkyl halides is 3. The molecule has 28 heavy (non-hydrogen) atoms. The average molecular weight is 416 g/mol. The molecule has 0 aliphatic heterocycles. The summed E-state index contributed by atoms with van der Waals surface area (Å²) in [6, 6.07) is 7.48. The molecule has 0 saturated heterocycles. The lowest BCUT2D eigenvalue weighted by atomic mass is 10.2. The van der Waals surface area contributed by atoms with Crippen molar-refractivity contribution in [2.24, 2.45) is 0 Å². The highest BCUT2D eigenvalue weighted by Gasteiger charge is 2.35. The summed E-state index contributed by atoms with van der Waals surface area (Å²) in [5.74, 6) is -2.66. The first-order valence-electron chi connectivity index (χ1n) is 7.25. The van der Waals surface area contributed by atoms with Crippen LogP contribution >= 0.6 is 0 Å². The Hall–Kier alpha value is -3.40. The van der Waals surface area contributed by atoms with Gasteiger partial charge in [-0.1, -0.05) is 12.1 Å². The van der Waals surface area contributed by atoms with E-state index >= 15 is 0 Å². The number of nitriles is 1. The van der Waals surface area contributed by atoms with E-state index in [9.17, 15) is 26.4 Å². The van der Waals surface area contributed by atoms with Gasteiger partial charge in [0, 0.05) is 13.1 Å². The molecule has 0 bridgehead atoms. The summed E-state index contributed by atoms with van der Waals surface area (Å²) in [4.78, 5) is 17.0. The standard InChI is InChI=1S/C15H11F3N4O5S/c1-22(14(23)24)28(25,26)8-9-2-4-11(5-3-9)27-12-6-10(7-19)20-13(21-12)15(16,17)18/h2-6H,8H2,1H3,(H,23,24). The second-order valence-corrected chi connectivity index (χ2v) is 7.28. The molecule has 0 aliphatic carbocycles. The molecule has 1 amide bonds. The van der Waals surface area contributed by atoms with Crippen molar-refractivity contribution in [1.29, 1.82) is 5.26 Å². The summed E-state index contributed by atoms with van der Waals surface area (Å²) in [7, 11) is -3.22. The minimum absolute atomic E-state index is 0.0171. The molecule has 2 rings (SSSR count). The molecule has 2 aromatic rings. The van der Waals surface area contributed by atoms with Crippen LogP contribution in [0.3, 0.4) is 0 Å². The largest absolute Gasteiger partial charge is 0.464 e. The summed E-state index contributed by atoms with van der Waals surface area (Å²) in [6.07, 6.45) is -6.52. The van der Waals surface area contributed by atoms with E-state index in [0.717, 1.165) is 13.1 Å². The smallest absolute Gasteiger partial charge is 0.451 e. The van der Waals surface area contributed by atoms with Crippen LogP contribution in [-0.4, -0.2) is 40.9 Å². The number of hydrogen-bond donors (Lipinski definition) is 1. The van der Waals surface area contributed by atoms with Crippen molar-refractivity contribution in [3.8, 4) is 17.7 Å². The lowest BCUT2D eigenvalue weighted by Gasteiger charge is -2.14. The molecule has 148 valence electrons. The molecule has 13 heteroatoms. The first-order valence-corrected chi connectivity index (χ1v) is 8.86. The number of carboxylic acid groups (broad SMARTS) is 1. The molecule has 0 aliphatic rings. The Morgan fingerprint density at radius 2 is 1.89 bits per heavy atom. The lowest BCUT2D eigenvalue weighted by Crippen LogP contribution is -2.32. The number of amides is 1. The Morgan fingerprint density at radius 1 is 1.29 bits per heavy atom. The Kier molecular flexibility index (Phi) is 5.74. The van der Waals surface area contributed by atoms with E-state index in [0.29, 0.717) is 0 Å². The highest BCUT2D eigenvalue weighted by atomic mass is 32.2. The maximum atomic E-state index is 12.8. The number of hydrogen-bond acceptors (Lipinski definition) is 7. The summed E-state index contributed by atoms with van der Waals surface area (Å²) >= 11 is 0. The third kappa shape index (κ3) is 5.07. The molecule has 0 saturated carbocycles. The zero-order valence-electron chi connectivity index (χ0n) is 14.0. The van der Waals surface area contributed by atoms with Crippen molar-refractivity contribution in [1.82, 2.24) is 14.3 Å². The zero-order chi connectivity index (χ0) is 21.1. The van der Waals surface area contributed by atoms with Crippen molar-refractivity contribution in [3.05, 3.63) is 47.4 Å². The second-order valence-electron chi connectivity index (χ2n) is 5.28. The second kappa shape index (κ2) is 7.69. The number of ether oxygens (including phenoxy) is 1. The fourth-order valence-corrected chi connectivity index (χ4v) is 2.91. The van der Waals surface area contributed by atoms with Crippen LogP contribution in [0.4, 0.5) is 18.0 Å². The van der Waals surface area contributed by atoms with E-state index in [1.165, 1.54) is 30.3 Å². The molecule has 0 spiro atoms. The first kappa shape index (κ1) is 20.9.